The van der Waals surface area contributed by atoms with Gasteiger partial charge in [-0.2, -0.15) is 0 Å². The van der Waals surface area contributed by atoms with E-state index in [1.54, 1.807) is 6.07 Å². The molecule has 2 fully saturated rings. The number of fused-ring (bicyclic) bond motifs is 1. The molecule has 158 valence electrons. The van der Waals surface area contributed by atoms with Gasteiger partial charge in [-0.25, -0.2) is 9.97 Å². The Hall–Kier alpha value is -1.51. The minimum Gasteiger partial charge on any atom is -0.376 e. The molecule has 0 bridgehead atoms. The van der Waals surface area contributed by atoms with E-state index in [1.165, 1.54) is 11.8 Å². The lowest BCUT2D eigenvalue weighted by Gasteiger charge is -2.41. The Kier molecular flexibility index (Phi) is 5.35. The minimum absolute atomic E-state index is 0.0889. The molecular formula is C21H23Cl2N5OS. The molecule has 3 aromatic rings. The maximum atomic E-state index is 6.47. The number of benzene rings is 1. The molecule has 0 saturated carbocycles. The van der Waals surface area contributed by atoms with Crippen molar-refractivity contribution >= 4 is 46.3 Å². The van der Waals surface area contributed by atoms with Gasteiger partial charge in [0.05, 0.1) is 35.1 Å². The fourth-order valence-corrected chi connectivity index (χ4v) is 5.91. The van der Waals surface area contributed by atoms with Crippen molar-refractivity contribution in [3.63, 3.8) is 0 Å². The molecule has 2 N–H and O–H groups in total. The fourth-order valence-electron chi connectivity index (χ4n) is 4.51. The quantitative estimate of drug-likeness (QED) is 0.615. The second-order valence-electron chi connectivity index (χ2n) is 8.11. The number of nitrogens with two attached hydrogens (primary N) is 1. The van der Waals surface area contributed by atoms with Crippen molar-refractivity contribution < 1.29 is 4.74 Å². The van der Waals surface area contributed by atoms with Crippen LogP contribution in [0.3, 0.4) is 0 Å². The number of aromatic nitrogens is 3. The zero-order valence-corrected chi connectivity index (χ0v) is 18.9. The number of hydrogen-bond acceptors (Lipinski definition) is 6. The van der Waals surface area contributed by atoms with Gasteiger partial charge in [-0.15, -0.1) is 0 Å². The maximum Gasteiger partial charge on any atom is 0.154 e. The van der Waals surface area contributed by atoms with Crippen molar-refractivity contribution in [2.24, 2.45) is 11.1 Å². The van der Waals surface area contributed by atoms with E-state index in [1.807, 2.05) is 30.9 Å². The van der Waals surface area contributed by atoms with Gasteiger partial charge in [0.2, 0.25) is 0 Å². The molecular weight excluding hydrogens is 441 g/mol. The van der Waals surface area contributed by atoms with Crippen molar-refractivity contribution in [1.29, 1.82) is 0 Å². The van der Waals surface area contributed by atoms with E-state index >= 15 is 0 Å². The fraction of sp³-hybridized carbons (Fsp3) is 0.429. The number of nitrogens with zero attached hydrogens (tertiary/aromatic N) is 4. The van der Waals surface area contributed by atoms with Crippen LogP contribution in [0.15, 0.2) is 46.8 Å². The first kappa shape index (κ1) is 20.4. The van der Waals surface area contributed by atoms with Crippen LogP contribution in [0.5, 0.6) is 0 Å². The topological polar surface area (TPSA) is 68.7 Å². The third-order valence-corrected chi connectivity index (χ3v) is 8.44. The van der Waals surface area contributed by atoms with Crippen LogP contribution in [0.2, 0.25) is 10.0 Å². The van der Waals surface area contributed by atoms with Gasteiger partial charge in [-0.05, 0) is 31.9 Å². The van der Waals surface area contributed by atoms with E-state index in [-0.39, 0.29) is 17.6 Å². The van der Waals surface area contributed by atoms with Crippen molar-refractivity contribution in [3.8, 4) is 0 Å². The monoisotopic (exact) mass is 463 g/mol. The molecule has 0 radical (unpaired) electrons. The SMILES string of the molecule is C[C@@H]1OCC2(CCN(c3ncc(Sc4cccc(Cl)c4Cl)n4cncc34)CC2)[C@@H]1N. The molecule has 4 heterocycles. The summed E-state index contributed by atoms with van der Waals surface area (Å²) in [6, 6.07) is 5.73. The highest BCUT2D eigenvalue weighted by Gasteiger charge is 2.47. The van der Waals surface area contributed by atoms with E-state index in [0.29, 0.717) is 10.0 Å². The first-order valence-corrected chi connectivity index (χ1v) is 11.6. The van der Waals surface area contributed by atoms with E-state index in [2.05, 4.69) is 21.2 Å². The summed E-state index contributed by atoms with van der Waals surface area (Å²) in [5.41, 5.74) is 7.54. The third-order valence-electron chi connectivity index (χ3n) is 6.44. The Morgan fingerprint density at radius 2 is 2.03 bits per heavy atom. The highest BCUT2D eigenvalue weighted by atomic mass is 35.5. The third kappa shape index (κ3) is 3.37. The average Bonchev–Trinajstić information content (AvgIpc) is 3.35. The number of piperidine rings is 1. The van der Waals surface area contributed by atoms with Crippen LogP contribution in [0.4, 0.5) is 5.82 Å². The van der Waals surface area contributed by atoms with Gasteiger partial charge in [0.15, 0.2) is 5.82 Å². The number of ether oxygens (including phenoxy) is 1. The predicted octanol–water partition coefficient (Wildman–Crippen LogP) is 4.52. The zero-order valence-electron chi connectivity index (χ0n) is 16.6. The highest BCUT2D eigenvalue weighted by Crippen LogP contribution is 2.43. The lowest BCUT2D eigenvalue weighted by molar-refractivity contribution is 0.0974. The first-order chi connectivity index (χ1) is 14.5. The standard InChI is InChI=1S/C21H23Cl2N5OS/c1-13-19(24)21(11-29-13)5-7-27(8-6-21)20-15-9-25-12-28(15)17(10-26-20)30-16-4-2-3-14(22)18(16)23/h2-4,9-10,12-13,19H,5-8,11,24H2,1H3/t13-,19+/m0/s1. The molecule has 30 heavy (non-hydrogen) atoms. The summed E-state index contributed by atoms with van der Waals surface area (Å²) in [4.78, 5) is 12.4. The van der Waals surface area contributed by atoms with E-state index in [0.717, 1.165) is 53.8 Å². The Bertz CT molecular complexity index is 1080. The largest absolute Gasteiger partial charge is 0.376 e. The van der Waals surface area contributed by atoms with Crippen LogP contribution in [-0.4, -0.2) is 46.2 Å². The Morgan fingerprint density at radius 3 is 2.77 bits per heavy atom. The molecule has 0 amide bonds. The number of rotatable bonds is 3. The van der Waals surface area contributed by atoms with E-state index < -0.39 is 0 Å². The van der Waals surface area contributed by atoms with Gasteiger partial charge in [-0.1, -0.05) is 41.0 Å². The first-order valence-electron chi connectivity index (χ1n) is 10.0. The normalized spacial score (nSPS) is 23.5. The van der Waals surface area contributed by atoms with Crippen molar-refractivity contribution in [2.75, 3.05) is 24.6 Å². The lowest BCUT2D eigenvalue weighted by Crippen LogP contribution is -2.50. The summed E-state index contributed by atoms with van der Waals surface area (Å²) in [5.74, 6) is 0.949. The van der Waals surface area contributed by atoms with Crippen molar-refractivity contribution in [1.82, 2.24) is 14.4 Å². The number of halogens is 2. The van der Waals surface area contributed by atoms with Gasteiger partial charge in [-0.3, -0.25) is 4.40 Å². The second kappa shape index (κ2) is 7.88. The summed E-state index contributed by atoms with van der Waals surface area (Å²) in [6.07, 6.45) is 7.70. The van der Waals surface area contributed by atoms with Gasteiger partial charge in [0.25, 0.3) is 0 Å². The predicted molar refractivity (Wildman–Crippen MR) is 121 cm³/mol. The molecule has 2 saturated heterocycles. The smallest absolute Gasteiger partial charge is 0.154 e. The molecule has 1 spiro atoms. The molecule has 6 nitrogen and oxygen atoms in total. The number of hydrogen-bond donors (Lipinski definition) is 1. The van der Waals surface area contributed by atoms with Gasteiger partial charge in [0, 0.05) is 29.4 Å². The average molecular weight is 464 g/mol. The molecule has 0 aliphatic carbocycles. The van der Waals surface area contributed by atoms with Crippen LogP contribution in [0, 0.1) is 5.41 Å². The maximum absolute atomic E-state index is 6.47. The molecule has 1 aromatic carbocycles. The minimum atomic E-state index is 0.0889. The second-order valence-corrected chi connectivity index (χ2v) is 9.96. The Labute approximate surface area is 189 Å². The van der Waals surface area contributed by atoms with E-state index in [9.17, 15) is 0 Å². The van der Waals surface area contributed by atoms with Crippen molar-refractivity contribution in [3.05, 3.63) is 47.0 Å². The lowest BCUT2D eigenvalue weighted by atomic mass is 9.73. The summed E-state index contributed by atoms with van der Waals surface area (Å²) < 4.78 is 7.91. The Balaban J connectivity index is 1.40. The van der Waals surface area contributed by atoms with Crippen LogP contribution >= 0.6 is 35.0 Å². The van der Waals surface area contributed by atoms with Crippen molar-refractivity contribution in [2.45, 2.75) is 41.8 Å². The summed E-state index contributed by atoms with van der Waals surface area (Å²) in [6.45, 7) is 4.65. The van der Waals surface area contributed by atoms with Crippen LogP contribution in [0.1, 0.15) is 19.8 Å². The Morgan fingerprint density at radius 1 is 1.23 bits per heavy atom. The highest BCUT2D eigenvalue weighted by molar-refractivity contribution is 7.99. The number of anilines is 1. The van der Waals surface area contributed by atoms with Gasteiger partial charge >= 0.3 is 0 Å². The van der Waals surface area contributed by atoms with Gasteiger partial charge < -0.3 is 15.4 Å². The molecule has 9 heteroatoms. The molecule has 0 unspecified atom stereocenters. The number of imidazole rings is 1. The summed E-state index contributed by atoms with van der Waals surface area (Å²) in [7, 11) is 0. The van der Waals surface area contributed by atoms with E-state index in [4.69, 9.17) is 38.7 Å². The molecule has 2 aromatic heterocycles. The molecule has 2 aliphatic heterocycles. The summed E-state index contributed by atoms with van der Waals surface area (Å²) in [5, 5.41) is 2.02. The van der Waals surface area contributed by atoms with Crippen LogP contribution in [0.25, 0.3) is 5.52 Å². The zero-order chi connectivity index (χ0) is 20.9. The van der Waals surface area contributed by atoms with Crippen LogP contribution < -0.4 is 10.6 Å². The summed E-state index contributed by atoms with van der Waals surface area (Å²) >= 11 is 14.1. The van der Waals surface area contributed by atoms with Gasteiger partial charge in [0.1, 0.15) is 16.9 Å². The molecule has 2 aliphatic rings. The molecule has 5 rings (SSSR count). The molecule has 2 atom stereocenters. The van der Waals surface area contributed by atoms with Crippen LogP contribution in [-0.2, 0) is 4.74 Å².